The molecule has 0 aliphatic carbocycles. The minimum absolute atomic E-state index is 0.964. The first kappa shape index (κ1) is 11.0. The summed E-state index contributed by atoms with van der Waals surface area (Å²) in [5.41, 5.74) is 0. The molecule has 1 atom stereocenters. The first-order valence-electron chi connectivity index (χ1n) is 5.79. The van der Waals surface area contributed by atoms with Crippen LogP contribution in [-0.2, 0) is 0 Å². The van der Waals surface area contributed by atoms with Crippen LogP contribution >= 0.6 is 0 Å². The molecule has 0 aromatic heterocycles. The maximum Gasteiger partial charge on any atom is 0.00106 e. The minimum Gasteiger partial charge on any atom is -0.317 e. The third-order valence-electron chi connectivity index (χ3n) is 2.89. The summed E-state index contributed by atoms with van der Waals surface area (Å²) in [4.78, 5) is 2.61. The molecule has 0 aromatic rings. The largest absolute Gasteiger partial charge is 0.317 e. The fraction of sp³-hybridized carbons (Fsp3) is 1.00. The molecule has 2 nitrogen and oxygen atoms in total. The maximum absolute atomic E-state index is 3.40. The molecule has 1 aliphatic heterocycles. The average Bonchev–Trinajstić information content (AvgIpc) is 2.54. The van der Waals surface area contributed by atoms with E-state index in [4.69, 9.17) is 0 Å². The first-order chi connectivity index (χ1) is 6.36. The van der Waals surface area contributed by atoms with Crippen molar-refractivity contribution < 1.29 is 0 Å². The summed E-state index contributed by atoms with van der Waals surface area (Å²) in [5, 5.41) is 3.40. The molecule has 0 saturated carbocycles. The monoisotopic (exact) mass is 184 g/mol. The summed E-state index contributed by atoms with van der Waals surface area (Å²) in [6, 6.07) is 0. The predicted molar refractivity (Wildman–Crippen MR) is 58.0 cm³/mol. The summed E-state index contributed by atoms with van der Waals surface area (Å²) in [7, 11) is 0. The van der Waals surface area contributed by atoms with Gasteiger partial charge in [0.2, 0.25) is 0 Å². The molecule has 1 heterocycles. The van der Waals surface area contributed by atoms with Crippen LogP contribution in [0.3, 0.4) is 0 Å². The van der Waals surface area contributed by atoms with Gasteiger partial charge in [0.1, 0.15) is 0 Å². The van der Waals surface area contributed by atoms with Crippen LogP contribution in [0.4, 0.5) is 0 Å². The van der Waals surface area contributed by atoms with Gasteiger partial charge in [-0.2, -0.15) is 0 Å². The van der Waals surface area contributed by atoms with Crippen LogP contribution in [0, 0.1) is 5.92 Å². The number of nitrogens with zero attached hydrogens (tertiary/aromatic N) is 1. The molecule has 0 spiro atoms. The summed E-state index contributed by atoms with van der Waals surface area (Å²) in [6.45, 7) is 10.8. The fourth-order valence-electron chi connectivity index (χ4n) is 2.15. The van der Waals surface area contributed by atoms with E-state index in [2.05, 4.69) is 24.1 Å². The molecule has 1 fully saturated rings. The van der Waals surface area contributed by atoms with Crippen LogP contribution in [0.5, 0.6) is 0 Å². The molecule has 0 bridgehead atoms. The third-order valence-corrected chi connectivity index (χ3v) is 2.89. The molecule has 78 valence electrons. The summed E-state index contributed by atoms with van der Waals surface area (Å²) in [5.74, 6) is 0.964. The van der Waals surface area contributed by atoms with Gasteiger partial charge in [-0.25, -0.2) is 0 Å². The summed E-state index contributed by atoms with van der Waals surface area (Å²) in [6.07, 6.45) is 4.10. The fourth-order valence-corrected chi connectivity index (χ4v) is 2.15. The van der Waals surface area contributed by atoms with E-state index in [0.29, 0.717) is 0 Å². The first-order valence-corrected chi connectivity index (χ1v) is 5.79. The second-order valence-corrected chi connectivity index (χ2v) is 4.10. The Labute approximate surface area is 82.7 Å². The van der Waals surface area contributed by atoms with E-state index >= 15 is 0 Å². The van der Waals surface area contributed by atoms with Gasteiger partial charge in [-0.1, -0.05) is 13.8 Å². The van der Waals surface area contributed by atoms with E-state index in [0.717, 1.165) is 12.5 Å². The summed E-state index contributed by atoms with van der Waals surface area (Å²) < 4.78 is 0. The Morgan fingerprint density at radius 1 is 1.38 bits per heavy atom. The van der Waals surface area contributed by atoms with E-state index in [1.54, 1.807) is 0 Å². The van der Waals surface area contributed by atoms with Gasteiger partial charge in [0, 0.05) is 6.54 Å². The lowest BCUT2D eigenvalue weighted by atomic mass is 10.1. The standard InChI is InChI=1S/C11H24N2/c1-3-8-13-9-6-11(10-13)5-7-12-4-2/h11-12H,3-10H2,1-2H3. The van der Waals surface area contributed by atoms with Gasteiger partial charge in [-0.15, -0.1) is 0 Å². The van der Waals surface area contributed by atoms with Crippen LogP contribution in [0.1, 0.15) is 33.1 Å². The normalized spacial score (nSPS) is 24.0. The van der Waals surface area contributed by atoms with Crippen molar-refractivity contribution in [1.29, 1.82) is 0 Å². The molecule has 1 N–H and O–H groups in total. The van der Waals surface area contributed by atoms with Gasteiger partial charge in [-0.3, -0.25) is 0 Å². The topological polar surface area (TPSA) is 15.3 Å². The van der Waals surface area contributed by atoms with E-state index in [1.807, 2.05) is 0 Å². The second-order valence-electron chi connectivity index (χ2n) is 4.10. The highest BCUT2D eigenvalue weighted by molar-refractivity contribution is 4.75. The molecule has 1 saturated heterocycles. The van der Waals surface area contributed by atoms with Crippen molar-refractivity contribution in [3.63, 3.8) is 0 Å². The Morgan fingerprint density at radius 3 is 2.92 bits per heavy atom. The minimum atomic E-state index is 0.964. The SMILES string of the molecule is CCCN1CCC(CCNCC)C1. The van der Waals surface area contributed by atoms with Gasteiger partial charge < -0.3 is 10.2 Å². The van der Waals surface area contributed by atoms with Gasteiger partial charge in [0.25, 0.3) is 0 Å². The number of hydrogen-bond acceptors (Lipinski definition) is 2. The highest BCUT2D eigenvalue weighted by Crippen LogP contribution is 2.18. The highest BCUT2D eigenvalue weighted by atomic mass is 15.1. The van der Waals surface area contributed by atoms with Crippen molar-refractivity contribution in [2.75, 3.05) is 32.7 Å². The molecule has 0 amide bonds. The van der Waals surface area contributed by atoms with E-state index < -0.39 is 0 Å². The zero-order valence-electron chi connectivity index (χ0n) is 9.18. The lowest BCUT2D eigenvalue weighted by Crippen LogP contribution is -2.23. The molecule has 2 heteroatoms. The average molecular weight is 184 g/mol. The van der Waals surface area contributed by atoms with Gasteiger partial charge >= 0.3 is 0 Å². The van der Waals surface area contributed by atoms with Crippen LogP contribution in [0.2, 0.25) is 0 Å². The molecular weight excluding hydrogens is 160 g/mol. The van der Waals surface area contributed by atoms with Crippen molar-refractivity contribution in [3.8, 4) is 0 Å². The Balaban J connectivity index is 2.03. The van der Waals surface area contributed by atoms with Crippen molar-refractivity contribution >= 4 is 0 Å². The molecular formula is C11H24N2. The number of hydrogen-bond donors (Lipinski definition) is 1. The van der Waals surface area contributed by atoms with Gasteiger partial charge in [0.05, 0.1) is 0 Å². The Bertz CT molecular complexity index is 125. The van der Waals surface area contributed by atoms with Crippen LogP contribution in [0.25, 0.3) is 0 Å². The lowest BCUT2D eigenvalue weighted by Gasteiger charge is -2.14. The Morgan fingerprint density at radius 2 is 2.23 bits per heavy atom. The molecule has 1 aliphatic rings. The lowest BCUT2D eigenvalue weighted by molar-refractivity contribution is 0.321. The number of rotatable bonds is 6. The predicted octanol–water partition coefficient (Wildman–Crippen LogP) is 1.72. The van der Waals surface area contributed by atoms with Crippen molar-refractivity contribution in [3.05, 3.63) is 0 Å². The number of nitrogens with one attached hydrogen (secondary N) is 1. The van der Waals surface area contributed by atoms with Gasteiger partial charge in [0.15, 0.2) is 0 Å². The second kappa shape index (κ2) is 6.39. The van der Waals surface area contributed by atoms with Crippen molar-refractivity contribution in [1.82, 2.24) is 10.2 Å². The third kappa shape index (κ3) is 4.10. The zero-order chi connectivity index (χ0) is 9.52. The van der Waals surface area contributed by atoms with Crippen LogP contribution in [0.15, 0.2) is 0 Å². The van der Waals surface area contributed by atoms with Crippen molar-refractivity contribution in [2.24, 2.45) is 5.92 Å². The van der Waals surface area contributed by atoms with E-state index in [-0.39, 0.29) is 0 Å². The maximum atomic E-state index is 3.40. The van der Waals surface area contributed by atoms with E-state index in [1.165, 1.54) is 45.4 Å². The number of likely N-dealkylation sites (tertiary alicyclic amines) is 1. The van der Waals surface area contributed by atoms with Gasteiger partial charge in [-0.05, 0) is 51.4 Å². The summed E-state index contributed by atoms with van der Waals surface area (Å²) >= 11 is 0. The molecule has 1 unspecified atom stereocenters. The van der Waals surface area contributed by atoms with E-state index in [9.17, 15) is 0 Å². The Hall–Kier alpha value is -0.0800. The Kier molecular flexibility index (Phi) is 5.40. The molecule has 0 aromatic carbocycles. The zero-order valence-corrected chi connectivity index (χ0v) is 9.18. The smallest absolute Gasteiger partial charge is 0.00106 e. The van der Waals surface area contributed by atoms with Crippen LogP contribution in [-0.4, -0.2) is 37.6 Å². The quantitative estimate of drug-likeness (QED) is 0.632. The molecule has 13 heavy (non-hydrogen) atoms. The van der Waals surface area contributed by atoms with Crippen molar-refractivity contribution in [2.45, 2.75) is 33.1 Å². The highest BCUT2D eigenvalue weighted by Gasteiger charge is 2.20. The van der Waals surface area contributed by atoms with Crippen LogP contribution < -0.4 is 5.32 Å². The molecule has 0 radical (unpaired) electrons. The molecule has 1 rings (SSSR count).